The van der Waals surface area contributed by atoms with Crippen LogP contribution in [-0.2, 0) is 0 Å². The summed E-state index contributed by atoms with van der Waals surface area (Å²) in [5, 5.41) is 1.33. The highest BCUT2D eigenvalue weighted by atomic mass is 35.5. The molecular formula is C20H25Cl2NS. The fourth-order valence-electron chi connectivity index (χ4n) is 3.12. The first kappa shape index (κ1) is 19.7. The molecule has 1 nitrogen and oxygen atoms in total. The van der Waals surface area contributed by atoms with Gasteiger partial charge in [0.1, 0.15) is 0 Å². The molecule has 0 fully saturated rings. The Morgan fingerprint density at radius 1 is 1.25 bits per heavy atom. The fourth-order valence-corrected chi connectivity index (χ4v) is 4.62. The third-order valence-corrected chi connectivity index (χ3v) is 6.50. The molecule has 130 valence electrons. The van der Waals surface area contributed by atoms with E-state index in [0.29, 0.717) is 11.2 Å². The molecule has 0 saturated carbocycles. The summed E-state index contributed by atoms with van der Waals surface area (Å²) in [5.41, 5.74) is 2.83. The summed E-state index contributed by atoms with van der Waals surface area (Å²) in [6.07, 6.45) is 10.1. The number of halogens is 2. The average Bonchev–Trinajstić information content (AvgIpc) is 2.54. The molecule has 1 aliphatic carbocycles. The summed E-state index contributed by atoms with van der Waals surface area (Å²) in [6, 6.07) is 8.77. The Labute approximate surface area is 161 Å². The van der Waals surface area contributed by atoms with Crippen LogP contribution in [0.1, 0.15) is 18.9 Å². The number of quaternary nitrogens is 1. The van der Waals surface area contributed by atoms with Crippen molar-refractivity contribution < 1.29 is 16.9 Å². The van der Waals surface area contributed by atoms with E-state index in [2.05, 4.69) is 63.5 Å². The van der Waals surface area contributed by atoms with E-state index in [1.54, 1.807) is 0 Å². The van der Waals surface area contributed by atoms with Gasteiger partial charge in [-0.1, -0.05) is 48.0 Å². The van der Waals surface area contributed by atoms with E-state index in [9.17, 15) is 0 Å². The molecule has 1 aromatic rings. The van der Waals surface area contributed by atoms with Crippen LogP contribution >= 0.6 is 23.4 Å². The number of hydrogen-bond donors (Lipinski definition) is 0. The van der Waals surface area contributed by atoms with Gasteiger partial charge in [0.2, 0.25) is 0 Å². The van der Waals surface area contributed by atoms with Crippen molar-refractivity contribution in [1.29, 1.82) is 0 Å². The van der Waals surface area contributed by atoms with Crippen molar-refractivity contribution in [1.82, 2.24) is 0 Å². The lowest BCUT2D eigenvalue weighted by atomic mass is 9.85. The van der Waals surface area contributed by atoms with Crippen molar-refractivity contribution >= 4 is 28.9 Å². The third kappa shape index (κ3) is 4.29. The number of hydrogen-bond acceptors (Lipinski definition) is 1. The largest absolute Gasteiger partial charge is 1.00 e. The van der Waals surface area contributed by atoms with Gasteiger partial charge in [-0.15, -0.1) is 11.8 Å². The van der Waals surface area contributed by atoms with Crippen LogP contribution in [0.25, 0.3) is 5.57 Å². The Balaban J connectivity index is 0.00000208. The fraction of sp³-hybridized carbons (Fsp3) is 0.400. The highest BCUT2D eigenvalue weighted by Gasteiger charge is 2.31. The van der Waals surface area contributed by atoms with Gasteiger partial charge < -0.3 is 16.9 Å². The van der Waals surface area contributed by atoms with E-state index in [1.165, 1.54) is 22.6 Å². The third-order valence-electron chi connectivity index (χ3n) is 4.91. The maximum Gasteiger partial charge on any atom is 0.0817 e. The zero-order chi connectivity index (χ0) is 16.4. The van der Waals surface area contributed by atoms with Gasteiger partial charge in [0, 0.05) is 27.5 Å². The van der Waals surface area contributed by atoms with Crippen molar-refractivity contribution in [3.63, 3.8) is 0 Å². The molecule has 0 spiro atoms. The summed E-state index contributed by atoms with van der Waals surface area (Å²) in [4.78, 5) is 1.39. The maximum absolute atomic E-state index is 6.29. The predicted octanol–water partition coefficient (Wildman–Crippen LogP) is 2.34. The Morgan fingerprint density at radius 2 is 2.00 bits per heavy atom. The summed E-state index contributed by atoms with van der Waals surface area (Å²) in [7, 11) is 4.60. The lowest BCUT2D eigenvalue weighted by Crippen LogP contribution is -3.00. The van der Waals surface area contributed by atoms with Crippen LogP contribution in [0.4, 0.5) is 0 Å². The molecule has 2 atom stereocenters. The van der Waals surface area contributed by atoms with Gasteiger partial charge in [-0.3, -0.25) is 0 Å². The Kier molecular flexibility index (Phi) is 6.66. The van der Waals surface area contributed by atoms with Crippen LogP contribution in [-0.4, -0.2) is 36.9 Å². The molecule has 1 aromatic carbocycles. The van der Waals surface area contributed by atoms with Crippen LogP contribution in [0, 0.1) is 5.92 Å². The number of allylic oxidation sites excluding steroid dienone is 4. The van der Waals surface area contributed by atoms with Crippen LogP contribution < -0.4 is 12.4 Å². The van der Waals surface area contributed by atoms with E-state index < -0.39 is 0 Å². The topological polar surface area (TPSA) is 0 Å². The summed E-state index contributed by atoms with van der Waals surface area (Å²) in [5.74, 6) is 0.393. The van der Waals surface area contributed by atoms with Crippen LogP contribution in [0.5, 0.6) is 0 Å². The average molecular weight is 382 g/mol. The number of nitrogens with zero attached hydrogens (tertiary/aromatic N) is 1. The second-order valence-corrected chi connectivity index (χ2v) is 8.60. The smallest absolute Gasteiger partial charge is 0.0817 e. The predicted molar refractivity (Wildman–Crippen MR) is 103 cm³/mol. The number of rotatable bonds is 4. The van der Waals surface area contributed by atoms with Crippen molar-refractivity contribution in [2.75, 3.05) is 27.2 Å². The zero-order valence-corrected chi connectivity index (χ0v) is 16.8. The number of benzene rings is 1. The normalized spacial score (nSPS) is 24.0. The second-order valence-electron chi connectivity index (χ2n) is 6.94. The molecule has 0 aromatic heterocycles. The minimum absolute atomic E-state index is 0. The number of thioether (sulfide) groups is 1. The molecule has 2 unspecified atom stereocenters. The number of fused-ring (bicyclic) bond motifs is 2. The van der Waals surface area contributed by atoms with Gasteiger partial charge in [-0.05, 0) is 30.2 Å². The molecule has 0 N–H and O–H groups in total. The van der Waals surface area contributed by atoms with E-state index in [0.717, 1.165) is 22.5 Å². The van der Waals surface area contributed by atoms with Gasteiger partial charge in [-0.2, -0.15) is 0 Å². The molecule has 0 amide bonds. The summed E-state index contributed by atoms with van der Waals surface area (Å²) in [6.45, 7) is 4.58. The molecule has 3 rings (SSSR count). The van der Waals surface area contributed by atoms with E-state index in [1.807, 2.05) is 17.8 Å². The van der Waals surface area contributed by atoms with Gasteiger partial charge in [0.15, 0.2) is 0 Å². The summed E-state index contributed by atoms with van der Waals surface area (Å²) < 4.78 is 1.06. The Bertz CT molecular complexity index is 676. The molecule has 4 heteroatoms. The molecule has 0 saturated heterocycles. The highest BCUT2D eigenvalue weighted by Crippen LogP contribution is 2.48. The molecular weight excluding hydrogens is 357 g/mol. The van der Waals surface area contributed by atoms with Crippen LogP contribution in [0.2, 0.25) is 0 Å². The van der Waals surface area contributed by atoms with Crippen molar-refractivity contribution in [2.24, 2.45) is 5.92 Å². The quantitative estimate of drug-likeness (QED) is 0.721. The van der Waals surface area contributed by atoms with Gasteiger partial charge in [0.25, 0.3) is 0 Å². The van der Waals surface area contributed by atoms with Crippen molar-refractivity contribution in [2.45, 2.75) is 23.5 Å². The van der Waals surface area contributed by atoms with Crippen molar-refractivity contribution in [3.05, 3.63) is 59.2 Å². The van der Waals surface area contributed by atoms with E-state index >= 15 is 0 Å². The lowest BCUT2D eigenvalue weighted by molar-refractivity contribution is -0.888. The zero-order valence-electron chi connectivity index (χ0n) is 14.5. The molecule has 1 aliphatic heterocycles. The first-order valence-corrected chi connectivity index (χ1v) is 9.59. The maximum atomic E-state index is 6.29. The minimum atomic E-state index is 0. The Hall–Kier alpha value is -0.670. The molecule has 2 aliphatic rings. The van der Waals surface area contributed by atoms with Gasteiger partial charge in [-0.25, -0.2) is 0 Å². The van der Waals surface area contributed by atoms with Gasteiger partial charge in [0.05, 0.1) is 27.2 Å². The van der Waals surface area contributed by atoms with E-state index in [4.69, 9.17) is 11.6 Å². The Morgan fingerprint density at radius 3 is 2.75 bits per heavy atom. The van der Waals surface area contributed by atoms with Crippen LogP contribution in [0.3, 0.4) is 0 Å². The van der Waals surface area contributed by atoms with Gasteiger partial charge >= 0.3 is 0 Å². The first-order chi connectivity index (χ1) is 11.0. The highest BCUT2D eigenvalue weighted by molar-refractivity contribution is 8.00. The monoisotopic (exact) mass is 381 g/mol. The summed E-state index contributed by atoms with van der Waals surface area (Å²) >= 11 is 8.25. The SMILES string of the molecule is CC[N+](C)(C)CCC=C1c2ccccc2SC2C=CC(Cl)=CC12.[Cl-]. The lowest BCUT2D eigenvalue weighted by Gasteiger charge is -2.34. The molecule has 24 heavy (non-hydrogen) atoms. The molecule has 0 bridgehead atoms. The van der Waals surface area contributed by atoms with Crippen LogP contribution in [0.15, 0.2) is 58.5 Å². The standard InChI is InChI=1S/C20H25ClNS.ClH/c1-4-22(2,3)13-7-9-16-17-8-5-6-10-19(17)23-20-12-11-15(21)14-18(16)20;/h5-6,8-12,14,18,20H,4,7,13H2,1-3H3;1H/q+1;/p-1. The first-order valence-electron chi connectivity index (χ1n) is 8.34. The molecule has 1 heterocycles. The minimum Gasteiger partial charge on any atom is -1.00 e. The second kappa shape index (κ2) is 8.14. The molecule has 0 radical (unpaired) electrons. The van der Waals surface area contributed by atoms with E-state index in [-0.39, 0.29) is 12.4 Å². The van der Waals surface area contributed by atoms with Crippen molar-refractivity contribution in [3.8, 4) is 0 Å².